The minimum absolute atomic E-state index is 0.143. The Morgan fingerprint density at radius 1 is 1.50 bits per heavy atom. The maximum Gasteiger partial charge on any atom is 0.407 e. The van der Waals surface area contributed by atoms with Gasteiger partial charge >= 0.3 is 6.09 Å². The molecule has 0 radical (unpaired) electrons. The molecule has 82 valence electrons. The maximum absolute atomic E-state index is 11.3. The lowest BCUT2D eigenvalue weighted by molar-refractivity contribution is 0.0499. The minimum atomic E-state index is -0.430. The van der Waals surface area contributed by atoms with Crippen LogP contribution in [0.3, 0.4) is 0 Å². The highest BCUT2D eigenvalue weighted by atomic mass is 16.6. The van der Waals surface area contributed by atoms with Crippen LogP contribution < -0.4 is 5.32 Å². The number of alkyl carbamates (subject to hydrolysis) is 1. The van der Waals surface area contributed by atoms with E-state index in [1.165, 1.54) is 0 Å². The average Bonchev–Trinajstić information content (AvgIpc) is 2.63. The van der Waals surface area contributed by atoms with Crippen LogP contribution in [0.25, 0.3) is 0 Å². The highest BCUT2D eigenvalue weighted by Crippen LogP contribution is 2.25. The molecule has 0 bridgehead atoms. The molecule has 1 aliphatic rings. The fraction of sp³-hybridized carbons (Fsp3) is 0.900. The molecule has 0 aromatic rings. The first kappa shape index (κ1) is 11.3. The molecule has 1 fully saturated rings. The first-order valence-electron chi connectivity index (χ1n) is 5.03. The standard InChI is InChI=1S/C10H19NO3/c1-5-13-8-6-7(8)11-9(12)14-10(2,3)4/h7-8H,5-6H2,1-4H3,(H,11,12)/t7-,8-/m1/s1. The van der Waals surface area contributed by atoms with E-state index in [4.69, 9.17) is 9.47 Å². The summed E-state index contributed by atoms with van der Waals surface area (Å²) in [4.78, 5) is 11.3. The second-order valence-corrected chi connectivity index (χ2v) is 4.48. The molecule has 1 N–H and O–H groups in total. The monoisotopic (exact) mass is 201 g/mol. The number of hydrogen-bond acceptors (Lipinski definition) is 3. The number of rotatable bonds is 3. The zero-order chi connectivity index (χ0) is 10.8. The van der Waals surface area contributed by atoms with Crippen molar-refractivity contribution in [2.75, 3.05) is 6.61 Å². The van der Waals surface area contributed by atoms with Crippen LogP contribution in [0.15, 0.2) is 0 Å². The summed E-state index contributed by atoms with van der Waals surface area (Å²) >= 11 is 0. The topological polar surface area (TPSA) is 47.6 Å². The number of carbonyl (C=O) groups excluding carboxylic acids is 1. The van der Waals surface area contributed by atoms with E-state index in [1.807, 2.05) is 27.7 Å². The van der Waals surface area contributed by atoms with E-state index in [9.17, 15) is 4.79 Å². The SMILES string of the molecule is CCO[C@@H]1C[C@H]1NC(=O)OC(C)(C)C. The Labute approximate surface area is 85.0 Å². The molecule has 1 aliphatic carbocycles. The Morgan fingerprint density at radius 2 is 2.14 bits per heavy atom. The van der Waals surface area contributed by atoms with Crippen molar-refractivity contribution in [3.63, 3.8) is 0 Å². The van der Waals surface area contributed by atoms with Gasteiger partial charge in [-0.1, -0.05) is 0 Å². The lowest BCUT2D eigenvalue weighted by Crippen LogP contribution is -2.35. The lowest BCUT2D eigenvalue weighted by atomic mass is 10.2. The van der Waals surface area contributed by atoms with Gasteiger partial charge in [0.05, 0.1) is 12.1 Å². The molecular weight excluding hydrogens is 182 g/mol. The van der Waals surface area contributed by atoms with Crippen LogP contribution in [0.4, 0.5) is 4.79 Å². The van der Waals surface area contributed by atoms with Crippen molar-refractivity contribution in [1.82, 2.24) is 5.32 Å². The van der Waals surface area contributed by atoms with Gasteiger partial charge in [-0.15, -0.1) is 0 Å². The number of hydrogen-bond donors (Lipinski definition) is 1. The van der Waals surface area contributed by atoms with E-state index in [1.54, 1.807) is 0 Å². The molecule has 0 unspecified atom stereocenters. The maximum atomic E-state index is 11.3. The third-order valence-electron chi connectivity index (χ3n) is 1.81. The molecule has 0 aliphatic heterocycles. The van der Waals surface area contributed by atoms with Crippen molar-refractivity contribution in [1.29, 1.82) is 0 Å². The van der Waals surface area contributed by atoms with Gasteiger partial charge in [0.1, 0.15) is 5.60 Å². The molecule has 1 amide bonds. The molecule has 1 rings (SSSR count). The zero-order valence-corrected chi connectivity index (χ0v) is 9.29. The first-order chi connectivity index (χ1) is 6.42. The highest BCUT2D eigenvalue weighted by Gasteiger charge is 2.40. The quantitative estimate of drug-likeness (QED) is 0.755. The largest absolute Gasteiger partial charge is 0.444 e. The van der Waals surface area contributed by atoms with Crippen LogP contribution in [0, 0.1) is 0 Å². The van der Waals surface area contributed by atoms with Crippen LogP contribution in [0.2, 0.25) is 0 Å². The van der Waals surface area contributed by atoms with E-state index >= 15 is 0 Å². The number of carbonyl (C=O) groups is 1. The molecule has 4 heteroatoms. The molecule has 0 heterocycles. The van der Waals surface area contributed by atoms with Crippen molar-refractivity contribution in [2.45, 2.75) is 51.9 Å². The van der Waals surface area contributed by atoms with Gasteiger partial charge in [-0.2, -0.15) is 0 Å². The predicted octanol–water partition coefficient (Wildman–Crippen LogP) is 1.69. The van der Waals surface area contributed by atoms with E-state index in [0.717, 1.165) is 6.42 Å². The van der Waals surface area contributed by atoms with Gasteiger partial charge in [-0.3, -0.25) is 0 Å². The summed E-state index contributed by atoms with van der Waals surface area (Å²) in [5.41, 5.74) is -0.430. The van der Waals surface area contributed by atoms with E-state index in [-0.39, 0.29) is 18.2 Å². The fourth-order valence-corrected chi connectivity index (χ4v) is 1.18. The summed E-state index contributed by atoms with van der Waals surface area (Å²) in [7, 11) is 0. The first-order valence-corrected chi connectivity index (χ1v) is 5.03. The van der Waals surface area contributed by atoms with Crippen molar-refractivity contribution in [2.24, 2.45) is 0 Å². The van der Waals surface area contributed by atoms with Crippen molar-refractivity contribution < 1.29 is 14.3 Å². The Morgan fingerprint density at radius 3 is 2.64 bits per heavy atom. The van der Waals surface area contributed by atoms with Crippen molar-refractivity contribution >= 4 is 6.09 Å². The Hall–Kier alpha value is -0.770. The summed E-state index contributed by atoms with van der Waals surface area (Å²) < 4.78 is 10.4. The summed E-state index contributed by atoms with van der Waals surface area (Å²) in [6, 6.07) is 0.143. The van der Waals surface area contributed by atoms with Gasteiger partial charge in [0.25, 0.3) is 0 Å². The molecule has 0 aromatic heterocycles. The predicted molar refractivity (Wildman–Crippen MR) is 53.2 cm³/mol. The van der Waals surface area contributed by atoms with Gasteiger partial charge in [0.15, 0.2) is 0 Å². The molecule has 1 saturated carbocycles. The molecular formula is C10H19NO3. The van der Waals surface area contributed by atoms with Crippen LogP contribution in [0.5, 0.6) is 0 Å². The van der Waals surface area contributed by atoms with Gasteiger partial charge < -0.3 is 14.8 Å². The average molecular weight is 201 g/mol. The number of amides is 1. The van der Waals surface area contributed by atoms with Gasteiger partial charge in [0, 0.05) is 6.61 Å². The van der Waals surface area contributed by atoms with Crippen LogP contribution in [-0.2, 0) is 9.47 Å². The minimum Gasteiger partial charge on any atom is -0.444 e. The van der Waals surface area contributed by atoms with Crippen LogP contribution >= 0.6 is 0 Å². The second-order valence-electron chi connectivity index (χ2n) is 4.48. The second kappa shape index (κ2) is 4.17. The third-order valence-corrected chi connectivity index (χ3v) is 1.81. The van der Waals surface area contributed by atoms with E-state index < -0.39 is 5.60 Å². The van der Waals surface area contributed by atoms with Crippen molar-refractivity contribution in [3.8, 4) is 0 Å². The Balaban J connectivity index is 2.17. The molecule has 4 nitrogen and oxygen atoms in total. The number of nitrogens with one attached hydrogen (secondary N) is 1. The molecule has 2 atom stereocenters. The summed E-state index contributed by atoms with van der Waals surface area (Å²) in [5, 5.41) is 2.76. The Bertz CT molecular complexity index is 210. The lowest BCUT2D eigenvalue weighted by Gasteiger charge is -2.19. The number of ether oxygens (including phenoxy) is 2. The molecule has 0 saturated heterocycles. The van der Waals surface area contributed by atoms with E-state index in [2.05, 4.69) is 5.32 Å². The Kier molecular flexibility index (Phi) is 3.37. The van der Waals surface area contributed by atoms with Gasteiger partial charge in [-0.25, -0.2) is 4.79 Å². The molecule has 0 aromatic carbocycles. The normalized spacial score (nSPS) is 25.7. The van der Waals surface area contributed by atoms with Crippen LogP contribution in [-0.4, -0.2) is 30.4 Å². The van der Waals surface area contributed by atoms with Gasteiger partial charge in [-0.05, 0) is 34.1 Å². The highest BCUT2D eigenvalue weighted by molar-refractivity contribution is 5.68. The van der Waals surface area contributed by atoms with Gasteiger partial charge in [0.2, 0.25) is 0 Å². The van der Waals surface area contributed by atoms with Crippen LogP contribution in [0.1, 0.15) is 34.1 Å². The third kappa shape index (κ3) is 3.96. The van der Waals surface area contributed by atoms with E-state index in [0.29, 0.717) is 6.61 Å². The molecule has 0 spiro atoms. The zero-order valence-electron chi connectivity index (χ0n) is 9.29. The van der Waals surface area contributed by atoms with Crippen molar-refractivity contribution in [3.05, 3.63) is 0 Å². The molecule has 14 heavy (non-hydrogen) atoms. The smallest absolute Gasteiger partial charge is 0.407 e. The summed E-state index contributed by atoms with van der Waals surface area (Å²) in [5.74, 6) is 0. The summed E-state index contributed by atoms with van der Waals surface area (Å²) in [6.45, 7) is 8.18. The fourth-order valence-electron chi connectivity index (χ4n) is 1.18. The summed E-state index contributed by atoms with van der Waals surface area (Å²) in [6.07, 6.45) is 0.727.